The van der Waals surface area contributed by atoms with E-state index in [-0.39, 0.29) is 16.3 Å². The molecule has 0 aliphatic carbocycles. The number of benzene rings is 2. The van der Waals surface area contributed by atoms with Crippen molar-refractivity contribution in [2.75, 3.05) is 6.54 Å². The molecular formula is C17H18N2O3S2. The largest absolute Gasteiger partial charge is 0.291 e. The van der Waals surface area contributed by atoms with Gasteiger partial charge in [-0.15, -0.1) is 6.42 Å². The minimum Gasteiger partial charge on any atom is -0.227 e. The van der Waals surface area contributed by atoms with Crippen LogP contribution >= 0.6 is 0 Å². The predicted octanol–water partition coefficient (Wildman–Crippen LogP) is 2.66. The maximum atomic E-state index is 13.2. The molecule has 1 atom stereocenters. The van der Waals surface area contributed by atoms with Crippen molar-refractivity contribution in [3.05, 3.63) is 59.7 Å². The summed E-state index contributed by atoms with van der Waals surface area (Å²) >= 11 is 0. The molecule has 0 aliphatic heterocycles. The van der Waals surface area contributed by atoms with Crippen molar-refractivity contribution in [1.82, 2.24) is 4.72 Å². The Morgan fingerprint density at radius 3 is 1.83 bits per heavy atom. The summed E-state index contributed by atoms with van der Waals surface area (Å²) < 4.78 is 44.4. The first kappa shape index (κ1) is 18.2. The second-order valence-electron chi connectivity index (χ2n) is 5.23. The molecule has 2 aromatic rings. The highest BCUT2D eigenvalue weighted by Crippen LogP contribution is 2.19. The fraction of sp³-hybridized carbons (Fsp3) is 0.176. The zero-order chi connectivity index (χ0) is 17.8. The third-order valence-corrected chi connectivity index (χ3v) is 7.17. The standard InChI is InChI=1S/C17H18N2O3S2/c1-4-13-18-23(20,16-9-5-14(2)6-10-16)19-24(21,22)17-11-7-15(3)8-12-17/h1,5-12H,13H2,2-3H3,(H,18,19,20). The van der Waals surface area contributed by atoms with Crippen LogP contribution < -0.4 is 4.72 Å². The molecule has 24 heavy (non-hydrogen) atoms. The molecule has 0 saturated heterocycles. The molecule has 0 fully saturated rings. The van der Waals surface area contributed by atoms with E-state index < -0.39 is 19.9 Å². The second kappa shape index (κ2) is 7.18. The molecule has 7 heteroatoms. The van der Waals surface area contributed by atoms with Crippen LogP contribution in [0.2, 0.25) is 0 Å². The van der Waals surface area contributed by atoms with Crippen molar-refractivity contribution in [2.45, 2.75) is 23.6 Å². The highest BCUT2D eigenvalue weighted by molar-refractivity contribution is 8.02. The third-order valence-electron chi connectivity index (χ3n) is 3.23. The first-order chi connectivity index (χ1) is 11.3. The van der Waals surface area contributed by atoms with Gasteiger partial charge in [-0.05, 0) is 38.1 Å². The summed E-state index contributed by atoms with van der Waals surface area (Å²) in [5.74, 6) is 2.29. The third kappa shape index (κ3) is 4.23. The van der Waals surface area contributed by atoms with E-state index in [9.17, 15) is 12.6 Å². The van der Waals surface area contributed by atoms with Gasteiger partial charge < -0.3 is 0 Å². The molecule has 0 aromatic heterocycles. The molecule has 0 saturated carbocycles. The smallest absolute Gasteiger partial charge is 0.227 e. The zero-order valence-corrected chi connectivity index (χ0v) is 15.0. The van der Waals surface area contributed by atoms with Crippen LogP contribution in [-0.4, -0.2) is 19.2 Å². The fourth-order valence-electron chi connectivity index (χ4n) is 1.91. The molecule has 2 rings (SSSR count). The lowest BCUT2D eigenvalue weighted by atomic mass is 10.2. The summed E-state index contributed by atoms with van der Waals surface area (Å²) in [5, 5.41) is 0. The number of rotatable bonds is 5. The van der Waals surface area contributed by atoms with E-state index in [1.165, 1.54) is 12.1 Å². The first-order valence-electron chi connectivity index (χ1n) is 7.12. The van der Waals surface area contributed by atoms with Crippen molar-refractivity contribution < 1.29 is 12.6 Å². The number of terminal acetylenes is 1. The Bertz CT molecular complexity index is 978. The minimum absolute atomic E-state index is 0.0181. The molecule has 0 radical (unpaired) electrons. The monoisotopic (exact) mass is 362 g/mol. The van der Waals surface area contributed by atoms with E-state index in [1.807, 2.05) is 13.8 Å². The SMILES string of the molecule is C#CCNS(=O)(=NS(=O)(=O)c1ccc(C)cc1)c1ccc(C)cc1. The molecule has 0 heterocycles. The van der Waals surface area contributed by atoms with Crippen LogP contribution in [0.25, 0.3) is 0 Å². The maximum Gasteiger partial charge on any atom is 0.291 e. The van der Waals surface area contributed by atoms with Crippen LogP contribution in [0.1, 0.15) is 11.1 Å². The molecule has 1 N–H and O–H groups in total. The van der Waals surface area contributed by atoms with Gasteiger partial charge in [0.1, 0.15) is 0 Å². The quantitative estimate of drug-likeness (QED) is 0.831. The van der Waals surface area contributed by atoms with Crippen molar-refractivity contribution >= 4 is 19.9 Å². The summed E-state index contributed by atoms with van der Waals surface area (Å²) in [6.07, 6.45) is 5.20. The van der Waals surface area contributed by atoms with Crippen LogP contribution in [-0.2, 0) is 19.9 Å². The summed E-state index contributed by atoms with van der Waals surface area (Å²) in [6.45, 7) is 3.65. The molecule has 1 unspecified atom stereocenters. The van der Waals surface area contributed by atoms with Gasteiger partial charge in [0.15, 0.2) is 9.92 Å². The Hall–Kier alpha value is -2.14. The highest BCUT2D eigenvalue weighted by atomic mass is 32.3. The Morgan fingerprint density at radius 2 is 1.38 bits per heavy atom. The molecule has 0 aliphatic rings. The maximum absolute atomic E-state index is 13.2. The van der Waals surface area contributed by atoms with E-state index in [0.29, 0.717) is 0 Å². The topological polar surface area (TPSA) is 75.6 Å². The molecule has 126 valence electrons. The molecular weight excluding hydrogens is 344 g/mol. The van der Waals surface area contributed by atoms with Crippen LogP contribution in [0, 0.1) is 26.2 Å². The lowest BCUT2D eigenvalue weighted by Crippen LogP contribution is -2.25. The Balaban J connectivity index is 2.60. The van der Waals surface area contributed by atoms with E-state index in [1.54, 1.807) is 36.4 Å². The number of aryl methyl sites for hydroxylation is 2. The molecule has 5 nitrogen and oxygen atoms in total. The summed E-state index contributed by atoms with van der Waals surface area (Å²) in [5.41, 5.74) is 1.87. The van der Waals surface area contributed by atoms with Crippen molar-refractivity contribution in [1.29, 1.82) is 0 Å². The van der Waals surface area contributed by atoms with Crippen LogP contribution in [0.15, 0.2) is 62.1 Å². The van der Waals surface area contributed by atoms with Gasteiger partial charge >= 0.3 is 0 Å². The van der Waals surface area contributed by atoms with E-state index in [2.05, 4.69) is 14.4 Å². The highest BCUT2D eigenvalue weighted by Gasteiger charge is 2.20. The van der Waals surface area contributed by atoms with Gasteiger partial charge in [-0.3, -0.25) is 0 Å². The van der Waals surface area contributed by atoms with Crippen LogP contribution in [0.3, 0.4) is 0 Å². The minimum atomic E-state index is -4.10. The summed E-state index contributed by atoms with van der Waals surface area (Å²) in [4.78, 5) is 0.245. The zero-order valence-electron chi connectivity index (χ0n) is 13.4. The van der Waals surface area contributed by atoms with Gasteiger partial charge in [0, 0.05) is 0 Å². The van der Waals surface area contributed by atoms with E-state index >= 15 is 0 Å². The summed E-state index contributed by atoms with van der Waals surface area (Å²) in [6, 6.07) is 12.8. The number of sulfonamides is 1. The van der Waals surface area contributed by atoms with E-state index in [0.717, 1.165) is 11.1 Å². The number of hydrogen-bond donors (Lipinski definition) is 1. The molecule has 2 aromatic carbocycles. The van der Waals surface area contributed by atoms with Crippen LogP contribution in [0.4, 0.5) is 0 Å². The Kier molecular flexibility index (Phi) is 5.44. The average molecular weight is 362 g/mol. The van der Waals surface area contributed by atoms with Crippen LogP contribution in [0.5, 0.6) is 0 Å². The van der Waals surface area contributed by atoms with Gasteiger partial charge in [0.05, 0.1) is 16.3 Å². The second-order valence-corrected chi connectivity index (χ2v) is 9.06. The normalized spacial score (nSPS) is 13.7. The van der Waals surface area contributed by atoms with Crippen molar-refractivity contribution in [3.8, 4) is 12.3 Å². The molecule has 0 spiro atoms. The molecule has 0 amide bonds. The van der Waals surface area contributed by atoms with Crippen molar-refractivity contribution in [3.63, 3.8) is 0 Å². The van der Waals surface area contributed by atoms with Gasteiger partial charge in [-0.1, -0.05) is 45.1 Å². The number of nitrogens with zero attached hydrogens (tertiary/aromatic N) is 1. The Morgan fingerprint density at radius 1 is 0.917 bits per heavy atom. The van der Waals surface area contributed by atoms with Crippen molar-refractivity contribution in [2.24, 2.45) is 3.77 Å². The lowest BCUT2D eigenvalue weighted by molar-refractivity contribution is 0.597. The van der Waals surface area contributed by atoms with Gasteiger partial charge in [-0.2, -0.15) is 8.42 Å². The first-order valence-corrected chi connectivity index (χ1v) is 10.1. The van der Waals surface area contributed by atoms with E-state index in [4.69, 9.17) is 6.42 Å². The average Bonchev–Trinajstić information content (AvgIpc) is 2.53. The summed E-state index contributed by atoms with van der Waals surface area (Å²) in [7, 11) is -7.52. The fourth-order valence-corrected chi connectivity index (χ4v) is 5.34. The predicted molar refractivity (Wildman–Crippen MR) is 95.2 cm³/mol. The number of hydrogen-bond acceptors (Lipinski definition) is 3. The van der Waals surface area contributed by atoms with Gasteiger partial charge in [-0.25, -0.2) is 8.93 Å². The Labute approximate surface area is 143 Å². The molecule has 0 bridgehead atoms. The lowest BCUT2D eigenvalue weighted by Gasteiger charge is -2.11. The number of nitrogens with one attached hydrogen (secondary N) is 1. The van der Waals surface area contributed by atoms with Gasteiger partial charge in [0.2, 0.25) is 0 Å². The van der Waals surface area contributed by atoms with Gasteiger partial charge in [0.25, 0.3) is 10.0 Å².